The molecule has 1 atom stereocenters. The van der Waals surface area contributed by atoms with Gasteiger partial charge >= 0.3 is 0 Å². The summed E-state index contributed by atoms with van der Waals surface area (Å²) in [5.74, 6) is -1.05. The van der Waals surface area contributed by atoms with Crippen LogP contribution in [0.15, 0.2) is 24.3 Å². The van der Waals surface area contributed by atoms with Gasteiger partial charge in [-0.1, -0.05) is 6.07 Å². The number of nitriles is 1. The number of carbonyl (C=O) groups is 3. The van der Waals surface area contributed by atoms with Crippen LogP contribution in [0, 0.1) is 17.2 Å². The number of hydrogen-bond donors (Lipinski definition) is 2. The Balaban J connectivity index is 2.01. The second kappa shape index (κ2) is 7.34. The summed E-state index contributed by atoms with van der Waals surface area (Å²) < 4.78 is 0. The van der Waals surface area contributed by atoms with Gasteiger partial charge in [0.15, 0.2) is 0 Å². The fourth-order valence-electron chi connectivity index (χ4n) is 2.73. The molecule has 7 heteroatoms. The van der Waals surface area contributed by atoms with Crippen molar-refractivity contribution in [1.82, 2.24) is 4.90 Å². The number of anilines is 2. The van der Waals surface area contributed by atoms with E-state index in [4.69, 9.17) is 5.26 Å². The van der Waals surface area contributed by atoms with Crippen LogP contribution in [0.4, 0.5) is 11.4 Å². The molecule has 3 amide bonds. The summed E-state index contributed by atoms with van der Waals surface area (Å²) in [6.07, 6.45) is -0.0366. The molecule has 1 aliphatic heterocycles. The predicted molar refractivity (Wildman–Crippen MR) is 93.5 cm³/mol. The number of nitrogens with zero attached hydrogens (tertiary/aromatic N) is 2. The second-order valence-corrected chi connectivity index (χ2v) is 7.03. The molecule has 1 aromatic carbocycles. The lowest BCUT2D eigenvalue weighted by Crippen LogP contribution is -2.42. The van der Waals surface area contributed by atoms with Gasteiger partial charge in [-0.15, -0.1) is 0 Å². The molecule has 7 nitrogen and oxygen atoms in total. The van der Waals surface area contributed by atoms with Gasteiger partial charge in [-0.2, -0.15) is 5.26 Å². The minimum Gasteiger partial charge on any atom is -0.337 e. The zero-order chi connectivity index (χ0) is 18.6. The first-order chi connectivity index (χ1) is 11.7. The highest BCUT2D eigenvalue weighted by molar-refractivity contribution is 5.98. The van der Waals surface area contributed by atoms with E-state index in [0.29, 0.717) is 17.9 Å². The molecule has 1 saturated heterocycles. The molecule has 25 heavy (non-hydrogen) atoms. The number of likely N-dealkylation sites (tertiary alicyclic amines) is 1. The quantitative estimate of drug-likeness (QED) is 0.875. The summed E-state index contributed by atoms with van der Waals surface area (Å²) in [5, 5.41) is 13.9. The topological polar surface area (TPSA) is 102 Å². The maximum absolute atomic E-state index is 12.4. The molecule has 1 heterocycles. The average Bonchev–Trinajstić information content (AvgIpc) is 2.90. The smallest absolute Gasteiger partial charge is 0.238 e. The molecule has 1 unspecified atom stereocenters. The van der Waals surface area contributed by atoms with E-state index in [1.54, 1.807) is 35.2 Å². The lowest BCUT2D eigenvalue weighted by molar-refractivity contribution is -0.131. The first kappa shape index (κ1) is 18.5. The number of nitrogens with one attached hydrogen (secondary N) is 2. The maximum atomic E-state index is 12.4. The number of amides is 3. The van der Waals surface area contributed by atoms with Gasteiger partial charge in [0.1, 0.15) is 6.42 Å². The van der Waals surface area contributed by atoms with Crippen molar-refractivity contribution in [3.8, 4) is 6.07 Å². The van der Waals surface area contributed by atoms with E-state index in [1.165, 1.54) is 0 Å². The largest absolute Gasteiger partial charge is 0.337 e. The van der Waals surface area contributed by atoms with Crippen LogP contribution >= 0.6 is 0 Å². The molecule has 132 valence electrons. The third kappa shape index (κ3) is 4.80. The van der Waals surface area contributed by atoms with E-state index in [0.717, 1.165) is 0 Å². The van der Waals surface area contributed by atoms with Gasteiger partial charge in [0.2, 0.25) is 17.7 Å². The van der Waals surface area contributed by atoms with Gasteiger partial charge in [-0.3, -0.25) is 14.4 Å². The standard InChI is InChI=1S/C18H22N4O3/c1-18(2,3)22-11-12(9-16(22)24)17(25)21-14-6-4-5-13(10-14)20-15(23)7-8-19/h4-6,10,12H,7,9,11H2,1-3H3,(H,20,23)(H,21,25). The lowest BCUT2D eigenvalue weighted by atomic mass is 10.1. The summed E-state index contributed by atoms with van der Waals surface area (Å²) >= 11 is 0. The minimum absolute atomic E-state index is 0.0230. The third-order valence-electron chi connectivity index (χ3n) is 3.96. The Morgan fingerprint density at radius 2 is 1.92 bits per heavy atom. The molecule has 0 aliphatic carbocycles. The van der Waals surface area contributed by atoms with E-state index < -0.39 is 11.8 Å². The predicted octanol–water partition coefficient (Wildman–Crippen LogP) is 2.12. The fraction of sp³-hybridized carbons (Fsp3) is 0.444. The van der Waals surface area contributed by atoms with E-state index in [1.807, 2.05) is 20.8 Å². The molecule has 0 aromatic heterocycles. The van der Waals surface area contributed by atoms with E-state index in [2.05, 4.69) is 10.6 Å². The Hall–Kier alpha value is -2.88. The molecular formula is C18H22N4O3. The molecule has 2 N–H and O–H groups in total. The monoisotopic (exact) mass is 342 g/mol. The molecule has 0 spiro atoms. The van der Waals surface area contributed by atoms with Crippen LogP contribution in [0.1, 0.15) is 33.6 Å². The highest BCUT2D eigenvalue weighted by atomic mass is 16.2. The van der Waals surface area contributed by atoms with Gasteiger partial charge in [-0.05, 0) is 39.0 Å². The van der Waals surface area contributed by atoms with Gasteiger partial charge in [0, 0.05) is 29.9 Å². The highest BCUT2D eigenvalue weighted by Gasteiger charge is 2.39. The Morgan fingerprint density at radius 1 is 1.28 bits per heavy atom. The Labute approximate surface area is 147 Å². The molecule has 0 bridgehead atoms. The summed E-state index contributed by atoms with van der Waals surface area (Å²) in [7, 11) is 0. The minimum atomic E-state index is -0.409. The SMILES string of the molecule is CC(C)(C)N1CC(C(=O)Nc2cccc(NC(=O)CC#N)c2)CC1=O. The number of carbonyl (C=O) groups excluding carboxylic acids is 3. The molecule has 0 saturated carbocycles. The Bertz CT molecular complexity index is 731. The van der Waals surface area contributed by atoms with Crippen LogP contribution in [-0.4, -0.2) is 34.7 Å². The molecule has 1 aromatic rings. The number of rotatable bonds is 4. The van der Waals surface area contributed by atoms with Gasteiger partial charge in [0.05, 0.1) is 12.0 Å². The Kier molecular flexibility index (Phi) is 5.42. The van der Waals surface area contributed by atoms with Crippen LogP contribution in [0.2, 0.25) is 0 Å². The highest BCUT2D eigenvalue weighted by Crippen LogP contribution is 2.27. The van der Waals surface area contributed by atoms with Crippen LogP contribution in [0.25, 0.3) is 0 Å². The normalized spacial score (nSPS) is 17.1. The summed E-state index contributed by atoms with van der Waals surface area (Å²) in [6.45, 7) is 6.22. The summed E-state index contributed by atoms with van der Waals surface area (Å²) in [5.41, 5.74) is 0.718. The van der Waals surface area contributed by atoms with E-state index in [-0.39, 0.29) is 30.2 Å². The average molecular weight is 342 g/mol. The molecule has 1 fully saturated rings. The van der Waals surface area contributed by atoms with Crippen molar-refractivity contribution in [3.05, 3.63) is 24.3 Å². The first-order valence-electron chi connectivity index (χ1n) is 8.09. The molecular weight excluding hydrogens is 320 g/mol. The molecule has 0 radical (unpaired) electrons. The van der Waals surface area contributed by atoms with Crippen molar-refractivity contribution in [2.45, 2.75) is 39.2 Å². The molecule has 1 aliphatic rings. The van der Waals surface area contributed by atoms with Crippen LogP contribution in [0.5, 0.6) is 0 Å². The van der Waals surface area contributed by atoms with Crippen molar-refractivity contribution in [3.63, 3.8) is 0 Å². The van der Waals surface area contributed by atoms with Crippen LogP contribution < -0.4 is 10.6 Å². The van der Waals surface area contributed by atoms with Crippen molar-refractivity contribution >= 4 is 29.1 Å². The number of hydrogen-bond acceptors (Lipinski definition) is 4. The van der Waals surface area contributed by atoms with Crippen LogP contribution in [-0.2, 0) is 14.4 Å². The summed E-state index contributed by atoms with van der Waals surface area (Å²) in [4.78, 5) is 37.7. The van der Waals surface area contributed by atoms with Crippen molar-refractivity contribution < 1.29 is 14.4 Å². The maximum Gasteiger partial charge on any atom is 0.238 e. The van der Waals surface area contributed by atoms with Crippen molar-refractivity contribution in [2.24, 2.45) is 5.92 Å². The van der Waals surface area contributed by atoms with Crippen molar-refractivity contribution in [2.75, 3.05) is 17.2 Å². The van der Waals surface area contributed by atoms with Gasteiger partial charge in [0.25, 0.3) is 0 Å². The second-order valence-electron chi connectivity index (χ2n) is 7.03. The van der Waals surface area contributed by atoms with Gasteiger partial charge in [-0.25, -0.2) is 0 Å². The van der Waals surface area contributed by atoms with E-state index >= 15 is 0 Å². The zero-order valence-corrected chi connectivity index (χ0v) is 14.6. The number of benzene rings is 1. The third-order valence-corrected chi connectivity index (χ3v) is 3.96. The molecule has 2 rings (SSSR count). The zero-order valence-electron chi connectivity index (χ0n) is 14.6. The fourth-order valence-corrected chi connectivity index (χ4v) is 2.73. The Morgan fingerprint density at radius 3 is 2.48 bits per heavy atom. The van der Waals surface area contributed by atoms with Crippen LogP contribution in [0.3, 0.4) is 0 Å². The van der Waals surface area contributed by atoms with Gasteiger partial charge < -0.3 is 15.5 Å². The summed E-state index contributed by atoms with van der Waals surface area (Å²) in [6, 6.07) is 8.46. The lowest BCUT2D eigenvalue weighted by Gasteiger charge is -2.31. The van der Waals surface area contributed by atoms with Crippen molar-refractivity contribution in [1.29, 1.82) is 5.26 Å². The first-order valence-corrected chi connectivity index (χ1v) is 8.09. The van der Waals surface area contributed by atoms with E-state index in [9.17, 15) is 14.4 Å².